The second-order valence-electron chi connectivity index (χ2n) is 8.14. The number of hydrogen-bond donors (Lipinski definition) is 1. The first kappa shape index (κ1) is 21.5. The van der Waals surface area contributed by atoms with E-state index in [1.807, 2.05) is 29.7 Å². The largest absolute Gasteiger partial charge is 0.379 e. The van der Waals surface area contributed by atoms with Crippen molar-refractivity contribution >= 4 is 11.6 Å². The zero-order valence-corrected chi connectivity index (χ0v) is 18.2. The number of benzene rings is 1. The van der Waals surface area contributed by atoms with Crippen molar-refractivity contribution in [3.05, 3.63) is 59.2 Å². The summed E-state index contributed by atoms with van der Waals surface area (Å²) in [5, 5.41) is 3.04. The molecule has 1 fully saturated rings. The van der Waals surface area contributed by atoms with Gasteiger partial charge in [-0.25, -0.2) is 9.37 Å². The summed E-state index contributed by atoms with van der Waals surface area (Å²) in [5.74, 6) is -0.284. The van der Waals surface area contributed by atoms with E-state index < -0.39 is 0 Å². The van der Waals surface area contributed by atoms with E-state index in [0.29, 0.717) is 12.1 Å². The van der Waals surface area contributed by atoms with Crippen LogP contribution >= 0.6 is 0 Å². The molecule has 0 unspecified atom stereocenters. The van der Waals surface area contributed by atoms with Gasteiger partial charge >= 0.3 is 0 Å². The van der Waals surface area contributed by atoms with Gasteiger partial charge < -0.3 is 14.5 Å². The minimum atomic E-state index is -0.247. The van der Waals surface area contributed by atoms with Gasteiger partial charge in [0.15, 0.2) is 0 Å². The molecule has 1 aliphatic heterocycles. The number of nitrogens with one attached hydrogen (secondary N) is 1. The Morgan fingerprint density at radius 2 is 2.00 bits per heavy atom. The number of aryl methyl sites for hydroxylation is 2. The number of amides is 1. The predicted molar refractivity (Wildman–Crippen MR) is 119 cm³/mol. The molecule has 3 aromatic rings. The van der Waals surface area contributed by atoms with Crippen molar-refractivity contribution in [2.24, 2.45) is 0 Å². The molecule has 1 aromatic carbocycles. The van der Waals surface area contributed by atoms with Gasteiger partial charge in [-0.15, -0.1) is 0 Å². The van der Waals surface area contributed by atoms with Crippen molar-refractivity contribution in [2.45, 2.75) is 26.7 Å². The molecule has 0 spiro atoms. The van der Waals surface area contributed by atoms with Crippen LogP contribution in [0.15, 0.2) is 36.5 Å². The second-order valence-corrected chi connectivity index (χ2v) is 8.14. The summed E-state index contributed by atoms with van der Waals surface area (Å²) >= 11 is 0. The molecule has 4 rings (SSSR count). The Morgan fingerprint density at radius 1 is 1.19 bits per heavy atom. The van der Waals surface area contributed by atoms with E-state index in [4.69, 9.17) is 9.72 Å². The summed E-state index contributed by atoms with van der Waals surface area (Å²) in [6.07, 6.45) is 3.11. The van der Waals surface area contributed by atoms with Gasteiger partial charge in [0, 0.05) is 31.4 Å². The van der Waals surface area contributed by atoms with E-state index in [9.17, 15) is 9.18 Å². The second kappa shape index (κ2) is 9.58. The predicted octanol–water partition coefficient (Wildman–Crippen LogP) is 3.14. The van der Waals surface area contributed by atoms with E-state index in [2.05, 4.69) is 10.2 Å². The third kappa shape index (κ3) is 5.11. The highest BCUT2D eigenvalue weighted by Gasteiger charge is 2.18. The molecule has 1 saturated heterocycles. The van der Waals surface area contributed by atoms with Gasteiger partial charge in [0.25, 0.3) is 0 Å². The Bertz CT molecular complexity index is 1070. The molecule has 2 aromatic heterocycles. The molecule has 7 heteroatoms. The van der Waals surface area contributed by atoms with Crippen LogP contribution in [0.3, 0.4) is 0 Å². The van der Waals surface area contributed by atoms with Gasteiger partial charge in [-0.05, 0) is 62.2 Å². The van der Waals surface area contributed by atoms with Gasteiger partial charge in [-0.1, -0.05) is 6.07 Å². The lowest BCUT2D eigenvalue weighted by Gasteiger charge is -2.26. The van der Waals surface area contributed by atoms with Crippen LogP contribution < -0.4 is 5.32 Å². The van der Waals surface area contributed by atoms with Crippen molar-refractivity contribution in [1.82, 2.24) is 19.6 Å². The highest BCUT2D eigenvalue weighted by atomic mass is 19.1. The van der Waals surface area contributed by atoms with Crippen LogP contribution in [0.5, 0.6) is 0 Å². The van der Waals surface area contributed by atoms with Crippen molar-refractivity contribution in [3.63, 3.8) is 0 Å². The standard InChI is InChI=1S/C24H29FN4O2/c1-17-4-7-22-27-24(19-5-6-20(25)18(2)14-19)21(29(22)16-17)15-23(30)26-8-3-9-28-10-12-31-13-11-28/h4-7,14,16H,3,8-13,15H2,1-2H3,(H,26,30). The number of nitrogens with zero attached hydrogens (tertiary/aromatic N) is 3. The highest BCUT2D eigenvalue weighted by Crippen LogP contribution is 2.27. The summed E-state index contributed by atoms with van der Waals surface area (Å²) in [4.78, 5) is 19.9. The number of halogens is 1. The molecular weight excluding hydrogens is 395 g/mol. The minimum absolute atomic E-state index is 0.0367. The van der Waals surface area contributed by atoms with Crippen molar-refractivity contribution < 1.29 is 13.9 Å². The normalized spacial score (nSPS) is 14.8. The Morgan fingerprint density at radius 3 is 2.77 bits per heavy atom. The van der Waals surface area contributed by atoms with Crippen LogP contribution in [0.25, 0.3) is 16.9 Å². The number of carbonyl (C=O) groups excluding carboxylic acids is 1. The number of fused-ring (bicyclic) bond motifs is 1. The maximum Gasteiger partial charge on any atom is 0.226 e. The summed E-state index contributed by atoms with van der Waals surface area (Å²) in [7, 11) is 0. The maximum atomic E-state index is 13.8. The third-order valence-electron chi connectivity index (χ3n) is 5.70. The van der Waals surface area contributed by atoms with E-state index in [1.165, 1.54) is 6.07 Å². The monoisotopic (exact) mass is 424 g/mol. The van der Waals surface area contributed by atoms with Crippen molar-refractivity contribution in [2.75, 3.05) is 39.4 Å². The van der Waals surface area contributed by atoms with Crippen molar-refractivity contribution in [1.29, 1.82) is 0 Å². The molecule has 1 amide bonds. The SMILES string of the molecule is Cc1ccc2nc(-c3ccc(F)c(C)c3)c(CC(=O)NCCCN3CCOCC3)n2c1. The molecule has 0 bridgehead atoms. The highest BCUT2D eigenvalue weighted by molar-refractivity contribution is 5.81. The van der Waals surface area contributed by atoms with Gasteiger partial charge in [0.1, 0.15) is 11.5 Å². The topological polar surface area (TPSA) is 58.9 Å². The third-order valence-corrected chi connectivity index (χ3v) is 5.70. The Kier molecular flexibility index (Phi) is 6.63. The fourth-order valence-corrected chi connectivity index (χ4v) is 3.96. The number of hydrogen-bond acceptors (Lipinski definition) is 4. The molecule has 0 saturated carbocycles. The lowest BCUT2D eigenvalue weighted by atomic mass is 10.1. The van der Waals surface area contributed by atoms with E-state index in [-0.39, 0.29) is 18.1 Å². The smallest absolute Gasteiger partial charge is 0.226 e. The Balaban J connectivity index is 1.49. The van der Waals surface area contributed by atoms with Crippen LogP contribution in [-0.2, 0) is 16.0 Å². The average Bonchev–Trinajstić information content (AvgIpc) is 3.11. The zero-order chi connectivity index (χ0) is 21.8. The molecule has 3 heterocycles. The van der Waals surface area contributed by atoms with E-state index in [1.54, 1.807) is 19.1 Å². The molecule has 0 radical (unpaired) electrons. The maximum absolute atomic E-state index is 13.8. The fraction of sp³-hybridized carbons (Fsp3) is 0.417. The number of rotatable bonds is 7. The van der Waals surface area contributed by atoms with Crippen molar-refractivity contribution in [3.8, 4) is 11.3 Å². The van der Waals surface area contributed by atoms with Crippen LogP contribution in [0, 0.1) is 19.7 Å². The molecule has 164 valence electrons. The van der Waals surface area contributed by atoms with Crippen LogP contribution in [-0.4, -0.2) is 59.6 Å². The van der Waals surface area contributed by atoms with Gasteiger partial charge in [-0.3, -0.25) is 9.69 Å². The van der Waals surface area contributed by atoms with Gasteiger partial charge in [0.05, 0.1) is 31.0 Å². The fourth-order valence-electron chi connectivity index (χ4n) is 3.96. The van der Waals surface area contributed by atoms with Crippen LogP contribution in [0.4, 0.5) is 4.39 Å². The molecule has 1 N–H and O–H groups in total. The van der Waals surface area contributed by atoms with Crippen LogP contribution in [0.1, 0.15) is 23.2 Å². The first-order valence-electron chi connectivity index (χ1n) is 10.8. The number of aromatic nitrogens is 2. The molecule has 31 heavy (non-hydrogen) atoms. The summed E-state index contributed by atoms with van der Waals surface area (Å²) in [5.41, 5.74) is 4.77. The summed E-state index contributed by atoms with van der Waals surface area (Å²) in [6.45, 7) is 8.81. The molecular formula is C24H29FN4O2. The number of morpholine rings is 1. The number of pyridine rings is 1. The lowest BCUT2D eigenvalue weighted by Crippen LogP contribution is -2.38. The molecule has 1 aliphatic rings. The van der Waals surface area contributed by atoms with Gasteiger partial charge in [-0.2, -0.15) is 0 Å². The lowest BCUT2D eigenvalue weighted by molar-refractivity contribution is -0.120. The van der Waals surface area contributed by atoms with Crippen LogP contribution in [0.2, 0.25) is 0 Å². The summed E-state index contributed by atoms with van der Waals surface area (Å²) in [6, 6.07) is 8.90. The number of ether oxygens (including phenoxy) is 1. The minimum Gasteiger partial charge on any atom is -0.379 e. The number of carbonyl (C=O) groups is 1. The first-order chi connectivity index (χ1) is 15.0. The Labute approximate surface area is 182 Å². The first-order valence-corrected chi connectivity index (χ1v) is 10.8. The molecule has 6 nitrogen and oxygen atoms in total. The molecule has 0 atom stereocenters. The summed E-state index contributed by atoms with van der Waals surface area (Å²) < 4.78 is 21.1. The van der Waals surface area contributed by atoms with E-state index in [0.717, 1.165) is 67.4 Å². The quantitative estimate of drug-likeness (QED) is 0.592. The average molecular weight is 425 g/mol. The zero-order valence-electron chi connectivity index (χ0n) is 18.2. The number of imidazole rings is 1. The Hall–Kier alpha value is -2.77. The molecule has 0 aliphatic carbocycles. The van der Waals surface area contributed by atoms with Gasteiger partial charge in [0.2, 0.25) is 5.91 Å². The van der Waals surface area contributed by atoms with E-state index >= 15 is 0 Å².